The predicted octanol–water partition coefficient (Wildman–Crippen LogP) is 1.27. The zero-order valence-electron chi connectivity index (χ0n) is 8.87. The number of para-hydroxylation sites is 1. The lowest BCUT2D eigenvalue weighted by Gasteiger charge is -2.41. The van der Waals surface area contributed by atoms with Gasteiger partial charge in [0.25, 0.3) is 0 Å². The molecule has 3 heteroatoms. The van der Waals surface area contributed by atoms with E-state index in [1.807, 2.05) is 24.3 Å². The highest BCUT2D eigenvalue weighted by atomic mass is 16.3. The van der Waals surface area contributed by atoms with Crippen LogP contribution in [-0.4, -0.2) is 17.3 Å². The molecule has 0 aromatic heterocycles. The van der Waals surface area contributed by atoms with Crippen LogP contribution in [0.15, 0.2) is 24.3 Å². The summed E-state index contributed by atoms with van der Waals surface area (Å²) in [5.41, 5.74) is 7.73. The van der Waals surface area contributed by atoms with Crippen molar-refractivity contribution in [1.29, 1.82) is 0 Å². The molecule has 0 spiro atoms. The molecular formula is C12H18N2O. The van der Waals surface area contributed by atoms with Gasteiger partial charge in [0.05, 0.1) is 6.61 Å². The van der Waals surface area contributed by atoms with E-state index in [0.29, 0.717) is 0 Å². The molecular weight excluding hydrogens is 188 g/mol. The molecule has 0 atom stereocenters. The van der Waals surface area contributed by atoms with Gasteiger partial charge in [0.1, 0.15) is 0 Å². The molecule has 82 valence electrons. The monoisotopic (exact) mass is 206 g/mol. The van der Waals surface area contributed by atoms with Gasteiger partial charge in [0.15, 0.2) is 0 Å². The van der Waals surface area contributed by atoms with Gasteiger partial charge >= 0.3 is 0 Å². The maximum atomic E-state index is 9.29. The maximum absolute atomic E-state index is 9.29. The lowest BCUT2D eigenvalue weighted by molar-refractivity contribution is 0.0872. The number of nitrogens with two attached hydrogens (primary N) is 1. The molecule has 0 amide bonds. The molecule has 0 radical (unpaired) electrons. The molecule has 0 bridgehead atoms. The summed E-state index contributed by atoms with van der Waals surface area (Å²) in [4.78, 5) is 0. The summed E-state index contributed by atoms with van der Waals surface area (Å²) in [6.07, 6.45) is 3.34. The molecule has 1 saturated carbocycles. The van der Waals surface area contributed by atoms with Gasteiger partial charge in [-0.2, -0.15) is 0 Å². The summed E-state index contributed by atoms with van der Waals surface area (Å²) in [5.74, 6) is 0. The Hall–Kier alpha value is -1.06. The van der Waals surface area contributed by atoms with Crippen molar-refractivity contribution in [1.82, 2.24) is 5.32 Å². The normalized spacial score (nSPS) is 18.5. The number of benzene rings is 1. The molecule has 0 saturated heterocycles. The summed E-state index contributed by atoms with van der Waals surface area (Å²) in [5, 5.41) is 12.7. The zero-order valence-corrected chi connectivity index (χ0v) is 8.87. The molecule has 15 heavy (non-hydrogen) atoms. The average molecular weight is 206 g/mol. The van der Waals surface area contributed by atoms with Crippen LogP contribution in [0.2, 0.25) is 0 Å². The highest BCUT2D eigenvalue weighted by molar-refractivity contribution is 5.46. The molecule has 3 nitrogen and oxygen atoms in total. The largest absolute Gasteiger partial charge is 0.398 e. The van der Waals surface area contributed by atoms with Crippen molar-refractivity contribution in [2.75, 3.05) is 12.3 Å². The molecule has 1 aliphatic carbocycles. The Labute approximate surface area is 90.3 Å². The van der Waals surface area contributed by atoms with Gasteiger partial charge in [0.2, 0.25) is 0 Å². The topological polar surface area (TPSA) is 58.3 Å². The molecule has 0 aliphatic heterocycles. The Balaban J connectivity index is 1.95. The minimum Gasteiger partial charge on any atom is -0.398 e. The number of nitrogens with one attached hydrogen (secondary N) is 1. The van der Waals surface area contributed by atoms with E-state index in [-0.39, 0.29) is 12.1 Å². The lowest BCUT2D eigenvalue weighted by atomic mass is 9.77. The van der Waals surface area contributed by atoms with Crippen molar-refractivity contribution < 1.29 is 5.11 Å². The number of hydrogen-bond acceptors (Lipinski definition) is 3. The zero-order chi connectivity index (χ0) is 10.7. The van der Waals surface area contributed by atoms with E-state index >= 15 is 0 Å². The first-order chi connectivity index (χ1) is 7.26. The first-order valence-corrected chi connectivity index (χ1v) is 5.45. The highest BCUT2D eigenvalue weighted by Gasteiger charge is 2.35. The van der Waals surface area contributed by atoms with E-state index < -0.39 is 0 Å². The smallest absolute Gasteiger partial charge is 0.0613 e. The molecule has 1 aliphatic rings. The first-order valence-electron chi connectivity index (χ1n) is 5.45. The van der Waals surface area contributed by atoms with Gasteiger partial charge in [0, 0.05) is 17.8 Å². The van der Waals surface area contributed by atoms with Crippen LogP contribution >= 0.6 is 0 Å². The maximum Gasteiger partial charge on any atom is 0.0613 e. The van der Waals surface area contributed by atoms with Gasteiger partial charge in [-0.25, -0.2) is 0 Å². The number of hydrogen-bond donors (Lipinski definition) is 3. The Kier molecular flexibility index (Phi) is 2.93. The summed E-state index contributed by atoms with van der Waals surface area (Å²) in [6, 6.07) is 7.85. The number of rotatable bonds is 4. The second-order valence-corrected chi connectivity index (χ2v) is 4.34. The molecule has 0 unspecified atom stereocenters. The van der Waals surface area contributed by atoms with E-state index in [0.717, 1.165) is 30.6 Å². The van der Waals surface area contributed by atoms with Crippen molar-refractivity contribution in [2.24, 2.45) is 0 Å². The van der Waals surface area contributed by atoms with Crippen LogP contribution in [-0.2, 0) is 6.54 Å². The van der Waals surface area contributed by atoms with Crippen LogP contribution in [0.5, 0.6) is 0 Å². The fraction of sp³-hybridized carbons (Fsp3) is 0.500. The SMILES string of the molecule is Nc1ccccc1CNC1(CO)CCC1. The van der Waals surface area contributed by atoms with Gasteiger partial charge in [-0.15, -0.1) is 0 Å². The Morgan fingerprint density at radius 1 is 1.33 bits per heavy atom. The number of anilines is 1. The number of aliphatic hydroxyl groups excluding tert-OH is 1. The van der Waals surface area contributed by atoms with Gasteiger partial charge in [-0.05, 0) is 30.9 Å². The molecule has 0 heterocycles. The van der Waals surface area contributed by atoms with E-state index in [2.05, 4.69) is 5.32 Å². The van der Waals surface area contributed by atoms with Crippen LogP contribution in [0, 0.1) is 0 Å². The minimum absolute atomic E-state index is 0.0394. The van der Waals surface area contributed by atoms with Crippen molar-refractivity contribution in [3.8, 4) is 0 Å². The van der Waals surface area contributed by atoms with Crippen LogP contribution in [0.4, 0.5) is 5.69 Å². The van der Waals surface area contributed by atoms with Crippen molar-refractivity contribution in [3.05, 3.63) is 29.8 Å². The number of aliphatic hydroxyl groups is 1. The summed E-state index contributed by atoms with van der Waals surface area (Å²) in [6.45, 7) is 0.965. The third-order valence-electron chi connectivity index (χ3n) is 3.32. The third kappa shape index (κ3) is 2.13. The Morgan fingerprint density at radius 3 is 2.60 bits per heavy atom. The summed E-state index contributed by atoms with van der Waals surface area (Å²) in [7, 11) is 0. The molecule has 1 fully saturated rings. The van der Waals surface area contributed by atoms with E-state index in [4.69, 9.17) is 5.73 Å². The molecule has 2 rings (SSSR count). The molecule has 1 aromatic rings. The third-order valence-corrected chi connectivity index (χ3v) is 3.32. The fourth-order valence-corrected chi connectivity index (χ4v) is 1.97. The fourth-order valence-electron chi connectivity index (χ4n) is 1.97. The second-order valence-electron chi connectivity index (χ2n) is 4.34. The Morgan fingerprint density at radius 2 is 2.07 bits per heavy atom. The van der Waals surface area contributed by atoms with Gasteiger partial charge < -0.3 is 16.2 Å². The van der Waals surface area contributed by atoms with Crippen LogP contribution in [0.1, 0.15) is 24.8 Å². The highest BCUT2D eigenvalue weighted by Crippen LogP contribution is 2.31. The van der Waals surface area contributed by atoms with Gasteiger partial charge in [-0.1, -0.05) is 18.2 Å². The standard InChI is InChI=1S/C12H18N2O/c13-11-5-2-1-4-10(11)8-14-12(9-15)6-3-7-12/h1-2,4-5,14-15H,3,6-9,13H2. The quantitative estimate of drug-likeness (QED) is 0.650. The molecule has 1 aromatic carbocycles. The van der Waals surface area contributed by atoms with Crippen molar-refractivity contribution in [3.63, 3.8) is 0 Å². The Bertz CT molecular complexity index is 329. The number of nitrogen functional groups attached to an aromatic ring is 1. The van der Waals surface area contributed by atoms with E-state index in [1.165, 1.54) is 6.42 Å². The second kappa shape index (κ2) is 4.21. The lowest BCUT2D eigenvalue weighted by Crippen LogP contribution is -2.53. The predicted molar refractivity (Wildman–Crippen MR) is 61.4 cm³/mol. The van der Waals surface area contributed by atoms with E-state index in [9.17, 15) is 5.11 Å². The van der Waals surface area contributed by atoms with Crippen molar-refractivity contribution >= 4 is 5.69 Å². The minimum atomic E-state index is -0.0394. The summed E-state index contributed by atoms with van der Waals surface area (Å²) < 4.78 is 0. The van der Waals surface area contributed by atoms with Gasteiger partial charge in [-0.3, -0.25) is 0 Å². The van der Waals surface area contributed by atoms with E-state index in [1.54, 1.807) is 0 Å². The van der Waals surface area contributed by atoms with Crippen molar-refractivity contribution in [2.45, 2.75) is 31.3 Å². The van der Waals surface area contributed by atoms with Crippen LogP contribution < -0.4 is 11.1 Å². The summed E-state index contributed by atoms with van der Waals surface area (Å²) >= 11 is 0. The average Bonchev–Trinajstić information content (AvgIpc) is 2.19. The molecule has 4 N–H and O–H groups in total. The van der Waals surface area contributed by atoms with Crippen LogP contribution in [0.25, 0.3) is 0 Å². The first kappa shape index (κ1) is 10.5. The van der Waals surface area contributed by atoms with Crippen LogP contribution in [0.3, 0.4) is 0 Å².